The van der Waals surface area contributed by atoms with Crippen LogP contribution in [0, 0.1) is 23.2 Å². The van der Waals surface area contributed by atoms with Crippen LogP contribution in [-0.2, 0) is 4.74 Å². The second kappa shape index (κ2) is 7.63. The number of ether oxygens (including phenoxy) is 1. The molecule has 0 aromatic rings. The SMILES string of the molecule is O[C@H](COCCC12CC3CC(CC(C3)C1)C2)C[NH+]1CCCCCC1. The van der Waals surface area contributed by atoms with Crippen molar-refractivity contribution in [2.45, 2.75) is 76.7 Å². The third kappa shape index (κ3) is 4.16. The molecule has 3 nitrogen and oxygen atoms in total. The van der Waals surface area contributed by atoms with E-state index >= 15 is 0 Å². The van der Waals surface area contributed by atoms with Crippen LogP contribution < -0.4 is 4.90 Å². The summed E-state index contributed by atoms with van der Waals surface area (Å²) in [6, 6.07) is 0. The summed E-state index contributed by atoms with van der Waals surface area (Å²) in [5.41, 5.74) is 0.621. The Labute approximate surface area is 148 Å². The van der Waals surface area contributed by atoms with Crippen LogP contribution in [0.3, 0.4) is 0 Å². The topological polar surface area (TPSA) is 33.9 Å². The van der Waals surface area contributed by atoms with Gasteiger partial charge in [-0.25, -0.2) is 0 Å². The highest BCUT2D eigenvalue weighted by Crippen LogP contribution is 2.61. The molecular weight excluding hydrogens is 298 g/mol. The number of nitrogens with one attached hydrogen (secondary N) is 1. The molecule has 4 bridgehead atoms. The molecule has 3 heteroatoms. The highest BCUT2D eigenvalue weighted by molar-refractivity contribution is 5.01. The van der Waals surface area contributed by atoms with Crippen molar-refractivity contribution in [1.29, 1.82) is 0 Å². The maximum atomic E-state index is 10.3. The van der Waals surface area contributed by atoms with Gasteiger partial charge in [-0.3, -0.25) is 0 Å². The maximum absolute atomic E-state index is 10.3. The summed E-state index contributed by atoms with van der Waals surface area (Å²) in [5.74, 6) is 3.11. The molecule has 0 spiro atoms. The molecule has 5 fully saturated rings. The number of likely N-dealkylation sites (tertiary alicyclic amines) is 1. The van der Waals surface area contributed by atoms with Crippen LogP contribution >= 0.6 is 0 Å². The van der Waals surface area contributed by atoms with Gasteiger partial charge in [0.2, 0.25) is 0 Å². The van der Waals surface area contributed by atoms with Gasteiger partial charge in [0.1, 0.15) is 12.6 Å². The second-order valence-electron chi connectivity index (χ2n) is 9.76. The van der Waals surface area contributed by atoms with Crippen LogP contribution in [0.15, 0.2) is 0 Å². The lowest BCUT2D eigenvalue weighted by Gasteiger charge is -2.57. The van der Waals surface area contributed by atoms with E-state index < -0.39 is 0 Å². The molecule has 5 aliphatic rings. The molecule has 1 atom stereocenters. The van der Waals surface area contributed by atoms with Crippen LogP contribution in [0.25, 0.3) is 0 Å². The zero-order chi connectivity index (χ0) is 16.4. The van der Waals surface area contributed by atoms with Crippen LogP contribution in [-0.4, -0.2) is 44.1 Å². The smallest absolute Gasteiger partial charge is 0.126 e. The number of hydrogen-bond acceptors (Lipinski definition) is 2. The van der Waals surface area contributed by atoms with Gasteiger partial charge in [-0.2, -0.15) is 0 Å². The minimum Gasteiger partial charge on any atom is -0.385 e. The van der Waals surface area contributed by atoms with E-state index in [2.05, 4.69) is 0 Å². The van der Waals surface area contributed by atoms with E-state index in [0.717, 1.165) is 30.9 Å². The maximum Gasteiger partial charge on any atom is 0.126 e. The summed E-state index contributed by atoms with van der Waals surface area (Å²) in [7, 11) is 0. The Hall–Kier alpha value is -0.120. The largest absolute Gasteiger partial charge is 0.385 e. The molecule has 0 radical (unpaired) electrons. The van der Waals surface area contributed by atoms with Gasteiger partial charge >= 0.3 is 0 Å². The molecule has 0 aromatic carbocycles. The van der Waals surface area contributed by atoms with Crippen LogP contribution in [0.4, 0.5) is 0 Å². The van der Waals surface area contributed by atoms with Crippen molar-refractivity contribution in [1.82, 2.24) is 0 Å². The van der Waals surface area contributed by atoms with Gasteiger partial charge in [0.25, 0.3) is 0 Å². The lowest BCUT2D eigenvalue weighted by molar-refractivity contribution is -0.902. The first-order valence-electron chi connectivity index (χ1n) is 10.8. The van der Waals surface area contributed by atoms with E-state index in [9.17, 15) is 5.11 Å². The van der Waals surface area contributed by atoms with Crippen LogP contribution in [0.2, 0.25) is 0 Å². The van der Waals surface area contributed by atoms with Crippen molar-refractivity contribution < 1.29 is 14.7 Å². The first-order chi connectivity index (χ1) is 11.7. The standard InChI is InChI=1S/C21H37NO2/c23-20(15-22-6-3-1-2-4-7-22)16-24-8-5-21-12-17-9-18(13-21)11-19(10-17)14-21/h17-20,23H,1-16H2/p+1/t17?,18?,19?,20-,21?/m0/s1. The number of aliphatic hydroxyl groups is 1. The molecule has 1 saturated heterocycles. The summed E-state index contributed by atoms with van der Waals surface area (Å²) in [6.45, 7) is 4.79. The van der Waals surface area contributed by atoms with Crippen LogP contribution in [0.1, 0.15) is 70.6 Å². The Morgan fingerprint density at radius 2 is 1.50 bits per heavy atom. The highest BCUT2D eigenvalue weighted by atomic mass is 16.5. The van der Waals surface area contributed by atoms with Gasteiger partial charge in [-0.05, 0) is 93.8 Å². The Balaban J connectivity index is 1.15. The van der Waals surface area contributed by atoms with Crippen molar-refractivity contribution >= 4 is 0 Å². The van der Waals surface area contributed by atoms with E-state index in [0.29, 0.717) is 12.0 Å². The fourth-order valence-electron chi connectivity index (χ4n) is 6.93. The molecule has 4 aliphatic carbocycles. The number of quaternary nitrogens is 1. The van der Waals surface area contributed by atoms with E-state index in [1.54, 1.807) is 4.90 Å². The van der Waals surface area contributed by atoms with E-state index in [1.165, 1.54) is 83.7 Å². The molecule has 0 aromatic heterocycles. The minimum atomic E-state index is -0.269. The Bertz CT molecular complexity index is 367. The molecule has 2 N–H and O–H groups in total. The average molecular weight is 337 g/mol. The molecule has 1 aliphatic heterocycles. The predicted octanol–water partition coefficient (Wildman–Crippen LogP) is 2.43. The van der Waals surface area contributed by atoms with Crippen molar-refractivity contribution in [3.63, 3.8) is 0 Å². The third-order valence-corrected chi connectivity index (χ3v) is 7.59. The highest BCUT2D eigenvalue weighted by Gasteiger charge is 2.50. The molecule has 5 rings (SSSR count). The fourth-order valence-corrected chi connectivity index (χ4v) is 6.93. The first-order valence-corrected chi connectivity index (χ1v) is 10.8. The molecule has 1 heterocycles. The lowest BCUT2D eigenvalue weighted by atomic mass is 9.49. The van der Waals surface area contributed by atoms with E-state index in [-0.39, 0.29) is 6.10 Å². The predicted molar refractivity (Wildman–Crippen MR) is 96.1 cm³/mol. The summed E-state index contributed by atoms with van der Waals surface area (Å²) in [4.78, 5) is 1.59. The van der Waals surface area contributed by atoms with E-state index in [1.807, 2.05) is 0 Å². The molecule has 0 amide bonds. The van der Waals surface area contributed by atoms with Gasteiger partial charge in [0, 0.05) is 6.61 Å². The van der Waals surface area contributed by atoms with Gasteiger partial charge < -0.3 is 14.7 Å². The Morgan fingerprint density at radius 3 is 2.08 bits per heavy atom. The normalized spacial score (nSPS) is 40.6. The van der Waals surface area contributed by atoms with Crippen molar-refractivity contribution in [2.75, 3.05) is 32.8 Å². The average Bonchev–Trinajstić information content (AvgIpc) is 2.79. The van der Waals surface area contributed by atoms with Crippen LogP contribution in [0.5, 0.6) is 0 Å². The summed E-state index contributed by atoms with van der Waals surface area (Å²) < 4.78 is 5.94. The molecule has 0 unspecified atom stereocenters. The van der Waals surface area contributed by atoms with Gasteiger partial charge in [0.05, 0.1) is 19.7 Å². The monoisotopic (exact) mass is 336 g/mol. The summed E-state index contributed by atoms with van der Waals surface area (Å²) in [6.07, 6.45) is 15.4. The fraction of sp³-hybridized carbons (Fsp3) is 1.00. The summed E-state index contributed by atoms with van der Waals surface area (Å²) >= 11 is 0. The minimum absolute atomic E-state index is 0.269. The second-order valence-corrected chi connectivity index (χ2v) is 9.76. The quantitative estimate of drug-likeness (QED) is 0.700. The first kappa shape index (κ1) is 17.3. The van der Waals surface area contributed by atoms with E-state index in [4.69, 9.17) is 4.74 Å². The van der Waals surface area contributed by atoms with Crippen molar-refractivity contribution in [3.8, 4) is 0 Å². The number of aliphatic hydroxyl groups excluding tert-OH is 1. The number of rotatable bonds is 7. The molecule has 138 valence electrons. The lowest BCUT2D eigenvalue weighted by Crippen LogP contribution is -3.13. The summed E-state index contributed by atoms with van der Waals surface area (Å²) in [5, 5.41) is 10.3. The zero-order valence-electron chi connectivity index (χ0n) is 15.5. The van der Waals surface area contributed by atoms with Gasteiger partial charge in [-0.15, -0.1) is 0 Å². The van der Waals surface area contributed by atoms with Gasteiger partial charge in [0.15, 0.2) is 0 Å². The third-order valence-electron chi connectivity index (χ3n) is 7.59. The van der Waals surface area contributed by atoms with Gasteiger partial charge in [-0.1, -0.05) is 0 Å². The number of hydrogen-bond donors (Lipinski definition) is 2. The molecular formula is C21H38NO2+. The van der Waals surface area contributed by atoms with Crippen molar-refractivity contribution in [2.24, 2.45) is 23.2 Å². The van der Waals surface area contributed by atoms with Crippen molar-refractivity contribution in [3.05, 3.63) is 0 Å². The molecule has 24 heavy (non-hydrogen) atoms. The Morgan fingerprint density at radius 1 is 0.917 bits per heavy atom. The Kier molecular flexibility index (Phi) is 5.50. The zero-order valence-corrected chi connectivity index (χ0v) is 15.5. The molecule has 4 saturated carbocycles.